The average Bonchev–Trinajstić information content (AvgIpc) is 3.24. The highest BCUT2D eigenvalue weighted by molar-refractivity contribution is 5.80. The van der Waals surface area contributed by atoms with Crippen molar-refractivity contribution in [3.05, 3.63) is 37.9 Å². The lowest BCUT2D eigenvalue weighted by Gasteiger charge is -2.32. The maximum Gasteiger partial charge on any atom is 0.416 e. The average molecular weight is 446 g/mol. The predicted octanol–water partition coefficient (Wildman–Crippen LogP) is 3.03. The van der Waals surface area contributed by atoms with Gasteiger partial charge < -0.3 is 15.0 Å². The molecule has 2 aliphatic heterocycles. The van der Waals surface area contributed by atoms with Crippen LogP contribution in [0, 0.1) is 26.1 Å². The highest BCUT2D eigenvalue weighted by Crippen LogP contribution is 2.44. The van der Waals surface area contributed by atoms with E-state index in [-0.39, 0.29) is 37.9 Å². The Labute approximate surface area is 174 Å². The summed E-state index contributed by atoms with van der Waals surface area (Å²) in [5.74, 6) is -0.600. The Morgan fingerprint density at radius 1 is 1.13 bits per heavy atom. The van der Waals surface area contributed by atoms with Crippen LogP contribution >= 0.6 is 0 Å². The number of hydrogen-bond donors (Lipinski definition) is 1. The number of hydrogen-bond acceptors (Lipinski definition) is 7. The van der Waals surface area contributed by atoms with Gasteiger partial charge in [0.2, 0.25) is 5.91 Å². The minimum absolute atomic E-state index is 0.0264. The Balaban J connectivity index is 1.76. The molecule has 0 aliphatic carbocycles. The molecule has 13 heteroatoms. The highest BCUT2D eigenvalue weighted by atomic mass is 19.4. The fraction of sp³-hybridized carbons (Fsp3) is 0.611. The molecule has 1 amide bonds. The minimum atomic E-state index is -4.97. The molecule has 0 unspecified atom stereocenters. The molecule has 1 aromatic rings. The molecular formula is C18H21F3N4O6. The van der Waals surface area contributed by atoms with Gasteiger partial charge in [0, 0.05) is 44.3 Å². The van der Waals surface area contributed by atoms with E-state index in [1.165, 1.54) is 4.90 Å². The van der Waals surface area contributed by atoms with E-state index in [1.807, 2.05) is 0 Å². The minimum Gasteiger partial charge on any atom is -0.376 e. The van der Waals surface area contributed by atoms with Gasteiger partial charge in [-0.2, -0.15) is 13.2 Å². The molecule has 1 N–H and O–H groups in total. The summed E-state index contributed by atoms with van der Waals surface area (Å²) in [6, 6.07) is 0.617. The predicted molar refractivity (Wildman–Crippen MR) is 102 cm³/mol. The van der Waals surface area contributed by atoms with Crippen molar-refractivity contribution >= 4 is 23.0 Å². The van der Waals surface area contributed by atoms with E-state index in [1.54, 1.807) is 0 Å². The zero-order valence-electron chi connectivity index (χ0n) is 16.4. The Hall–Kier alpha value is -2.96. The molecule has 10 nitrogen and oxygen atoms in total. The number of carbonyl (C=O) groups excluding carboxylic acids is 1. The zero-order valence-corrected chi connectivity index (χ0v) is 16.4. The maximum absolute atomic E-state index is 13.1. The van der Waals surface area contributed by atoms with Crippen LogP contribution in [0.25, 0.3) is 0 Å². The summed E-state index contributed by atoms with van der Waals surface area (Å²) < 4.78 is 44.6. The van der Waals surface area contributed by atoms with Crippen LogP contribution in [0.3, 0.4) is 0 Å². The van der Waals surface area contributed by atoms with Crippen molar-refractivity contribution in [2.75, 3.05) is 31.1 Å². The van der Waals surface area contributed by atoms with Crippen molar-refractivity contribution in [3.8, 4) is 0 Å². The van der Waals surface area contributed by atoms with Gasteiger partial charge in [-0.3, -0.25) is 25.0 Å². The third-order valence-electron chi connectivity index (χ3n) is 5.50. The standard InChI is InChI=1S/C18H21F3N4O6/c19-18(20,21)12-8-14(24(27)28)16(15(9-12)25(29)30)23-5-3-11(4-6-23)17(26)22-10-13-2-1-7-31-13/h8-9,11,13H,1-7,10H2,(H,22,26)/t13-/m0/s1. The van der Waals surface area contributed by atoms with Crippen molar-refractivity contribution < 1.29 is 32.5 Å². The van der Waals surface area contributed by atoms with Gasteiger partial charge in [0.05, 0.1) is 21.5 Å². The van der Waals surface area contributed by atoms with Gasteiger partial charge in [-0.1, -0.05) is 0 Å². The maximum atomic E-state index is 13.1. The van der Waals surface area contributed by atoms with Gasteiger partial charge in [-0.25, -0.2) is 0 Å². The monoisotopic (exact) mass is 446 g/mol. The first-order valence-corrected chi connectivity index (χ1v) is 9.76. The number of halogens is 3. The molecule has 0 bridgehead atoms. The first-order valence-electron chi connectivity index (χ1n) is 9.76. The number of benzene rings is 1. The third-order valence-corrected chi connectivity index (χ3v) is 5.50. The number of anilines is 1. The summed E-state index contributed by atoms with van der Waals surface area (Å²) in [7, 11) is 0. The molecule has 2 saturated heterocycles. The Morgan fingerprint density at radius 2 is 1.71 bits per heavy atom. The van der Waals surface area contributed by atoms with E-state index in [4.69, 9.17) is 4.74 Å². The second-order valence-corrected chi connectivity index (χ2v) is 7.52. The number of amides is 1. The van der Waals surface area contributed by atoms with Crippen LogP contribution < -0.4 is 10.2 Å². The molecule has 2 heterocycles. The number of piperidine rings is 1. The quantitative estimate of drug-likeness (QED) is 0.525. The molecule has 3 rings (SSSR count). The molecule has 1 aromatic carbocycles. The molecule has 0 saturated carbocycles. The van der Waals surface area contributed by atoms with Crippen LogP contribution in [0.4, 0.5) is 30.2 Å². The lowest BCUT2D eigenvalue weighted by Crippen LogP contribution is -2.42. The number of rotatable bonds is 6. The largest absolute Gasteiger partial charge is 0.416 e. The van der Waals surface area contributed by atoms with Crippen molar-refractivity contribution in [1.29, 1.82) is 0 Å². The van der Waals surface area contributed by atoms with E-state index in [2.05, 4.69) is 5.32 Å². The highest BCUT2D eigenvalue weighted by Gasteiger charge is 2.40. The van der Waals surface area contributed by atoms with Crippen LogP contribution in [0.15, 0.2) is 12.1 Å². The first kappa shape index (κ1) is 22.7. The van der Waals surface area contributed by atoms with Crippen molar-refractivity contribution in [2.24, 2.45) is 5.92 Å². The fourth-order valence-electron chi connectivity index (χ4n) is 3.90. The first-order chi connectivity index (χ1) is 14.6. The summed E-state index contributed by atoms with van der Waals surface area (Å²) in [6.07, 6.45) is -2.69. The normalized spacial score (nSPS) is 20.0. The number of alkyl halides is 3. The van der Waals surface area contributed by atoms with Gasteiger partial charge in [-0.05, 0) is 25.7 Å². The number of nitrogens with zero attached hydrogens (tertiary/aromatic N) is 3. The number of ether oxygens (including phenoxy) is 1. The summed E-state index contributed by atoms with van der Waals surface area (Å²) in [6.45, 7) is 1.16. The fourth-order valence-corrected chi connectivity index (χ4v) is 3.90. The van der Waals surface area contributed by atoms with Gasteiger partial charge in [0.1, 0.15) is 0 Å². The number of nitro benzene ring substituents is 2. The zero-order chi connectivity index (χ0) is 22.8. The Bertz CT molecular complexity index is 829. The van der Waals surface area contributed by atoms with E-state index in [9.17, 15) is 38.2 Å². The van der Waals surface area contributed by atoms with E-state index in [0.29, 0.717) is 25.3 Å². The molecule has 2 fully saturated rings. The SMILES string of the molecule is O=C(NC[C@@H]1CCCO1)C1CCN(c2c([N+](=O)[O-])cc(C(F)(F)F)cc2[N+](=O)[O-])CC1. The summed E-state index contributed by atoms with van der Waals surface area (Å²) in [5.41, 5.74) is -3.90. The molecule has 1 atom stereocenters. The Morgan fingerprint density at radius 3 is 2.16 bits per heavy atom. The second-order valence-electron chi connectivity index (χ2n) is 7.52. The van der Waals surface area contributed by atoms with Crippen molar-refractivity contribution in [3.63, 3.8) is 0 Å². The van der Waals surface area contributed by atoms with E-state index >= 15 is 0 Å². The lowest BCUT2D eigenvalue weighted by molar-refractivity contribution is -0.393. The lowest BCUT2D eigenvalue weighted by atomic mass is 9.95. The number of nitrogens with one attached hydrogen (secondary N) is 1. The molecule has 0 aromatic heterocycles. The van der Waals surface area contributed by atoms with Gasteiger partial charge in [-0.15, -0.1) is 0 Å². The van der Waals surface area contributed by atoms with Crippen LogP contribution in [-0.2, 0) is 15.7 Å². The molecule has 0 spiro atoms. The van der Waals surface area contributed by atoms with Gasteiger partial charge >= 0.3 is 6.18 Å². The summed E-state index contributed by atoms with van der Waals surface area (Å²) in [5, 5.41) is 25.6. The van der Waals surface area contributed by atoms with Crippen molar-refractivity contribution in [1.82, 2.24) is 5.32 Å². The topological polar surface area (TPSA) is 128 Å². The van der Waals surface area contributed by atoms with Crippen LogP contribution in [-0.4, -0.2) is 48.1 Å². The van der Waals surface area contributed by atoms with Crippen LogP contribution in [0.5, 0.6) is 0 Å². The molecule has 170 valence electrons. The number of nitro groups is 2. The summed E-state index contributed by atoms with van der Waals surface area (Å²) >= 11 is 0. The second kappa shape index (κ2) is 9.04. The van der Waals surface area contributed by atoms with Crippen LogP contribution in [0.1, 0.15) is 31.2 Å². The Kier molecular flexibility index (Phi) is 6.62. The van der Waals surface area contributed by atoms with Gasteiger partial charge in [0.15, 0.2) is 5.69 Å². The van der Waals surface area contributed by atoms with Crippen molar-refractivity contribution in [2.45, 2.75) is 38.0 Å². The molecule has 2 aliphatic rings. The summed E-state index contributed by atoms with van der Waals surface area (Å²) in [4.78, 5) is 34.4. The molecule has 0 radical (unpaired) electrons. The molecular weight excluding hydrogens is 425 g/mol. The smallest absolute Gasteiger partial charge is 0.376 e. The van der Waals surface area contributed by atoms with Crippen LogP contribution in [0.2, 0.25) is 0 Å². The molecule has 31 heavy (non-hydrogen) atoms. The number of carbonyl (C=O) groups is 1. The van der Waals surface area contributed by atoms with E-state index in [0.717, 1.165) is 12.8 Å². The van der Waals surface area contributed by atoms with E-state index < -0.39 is 44.6 Å². The third kappa shape index (κ3) is 5.21. The van der Waals surface area contributed by atoms with Gasteiger partial charge in [0.25, 0.3) is 11.4 Å².